The number of benzene rings is 1. The van der Waals surface area contributed by atoms with Gasteiger partial charge in [-0.3, -0.25) is 19.4 Å². The number of ketones is 1. The molecule has 0 radical (unpaired) electrons. The van der Waals surface area contributed by atoms with E-state index in [4.69, 9.17) is 4.84 Å². The maximum absolute atomic E-state index is 14.8. The number of nitrogens with one attached hydrogen (secondary N) is 1. The number of carbonyl (C=O) groups excluding carboxylic acids is 1. The predicted octanol–water partition coefficient (Wildman–Crippen LogP) is 1.23. The Kier molecular flexibility index (Phi) is 4.54. The van der Waals surface area contributed by atoms with Gasteiger partial charge >= 0.3 is 0 Å². The molecule has 1 aliphatic rings. The molecule has 144 valence electrons. The normalized spacial score (nSPS) is 17.0. The van der Waals surface area contributed by atoms with Crippen LogP contribution >= 0.6 is 0 Å². The van der Waals surface area contributed by atoms with Gasteiger partial charge in [-0.15, -0.1) is 0 Å². The molecular formula is C17H18FN3O5S. The standard InChI is InChI=1S/C17H18FN3O5S/c1-8-10(15(22)14-9(2)19-21(3)17(14)23)7-11(18)16-13(8)12(20-26-4)5-6-27(16,24)25/h7,19H,5-6H2,1-4H3. The summed E-state index contributed by atoms with van der Waals surface area (Å²) in [5.74, 6) is -2.04. The minimum absolute atomic E-state index is 0.0245. The lowest BCUT2D eigenvalue weighted by molar-refractivity contribution is 0.103. The quantitative estimate of drug-likeness (QED) is 0.621. The van der Waals surface area contributed by atoms with Gasteiger partial charge in [-0.25, -0.2) is 12.8 Å². The van der Waals surface area contributed by atoms with E-state index < -0.39 is 31.9 Å². The molecule has 0 saturated heterocycles. The molecule has 3 rings (SSSR count). The Bertz CT molecular complexity index is 1160. The lowest BCUT2D eigenvalue weighted by Crippen LogP contribution is -2.27. The van der Waals surface area contributed by atoms with Crippen LogP contribution in [0.1, 0.15) is 39.2 Å². The predicted molar refractivity (Wildman–Crippen MR) is 95.6 cm³/mol. The average Bonchev–Trinajstić information content (AvgIpc) is 2.84. The van der Waals surface area contributed by atoms with Crippen LogP contribution in [0.2, 0.25) is 0 Å². The van der Waals surface area contributed by atoms with Gasteiger partial charge in [0.25, 0.3) is 5.56 Å². The Balaban J connectivity index is 2.34. The van der Waals surface area contributed by atoms with E-state index in [0.29, 0.717) is 5.69 Å². The molecule has 27 heavy (non-hydrogen) atoms. The van der Waals surface area contributed by atoms with Crippen molar-refractivity contribution >= 4 is 21.3 Å². The second-order valence-corrected chi connectivity index (χ2v) is 8.38. The van der Waals surface area contributed by atoms with E-state index in [1.54, 1.807) is 6.92 Å². The summed E-state index contributed by atoms with van der Waals surface area (Å²) in [7, 11) is -1.10. The first-order valence-corrected chi connectivity index (χ1v) is 9.72. The Hall–Kier alpha value is -2.75. The fourth-order valence-corrected chi connectivity index (χ4v) is 4.96. The molecular weight excluding hydrogens is 377 g/mol. The smallest absolute Gasteiger partial charge is 0.277 e. The van der Waals surface area contributed by atoms with Crippen LogP contribution in [0, 0.1) is 19.7 Å². The van der Waals surface area contributed by atoms with Gasteiger partial charge in [0, 0.05) is 30.3 Å². The minimum Gasteiger partial charge on any atom is -0.399 e. The van der Waals surface area contributed by atoms with E-state index in [2.05, 4.69) is 10.3 Å². The first kappa shape index (κ1) is 19.0. The zero-order chi connectivity index (χ0) is 20.1. The number of carbonyl (C=O) groups is 1. The van der Waals surface area contributed by atoms with Crippen LogP contribution in [0.4, 0.5) is 4.39 Å². The molecule has 2 aromatic rings. The number of aromatic nitrogens is 2. The van der Waals surface area contributed by atoms with Crippen LogP contribution in [-0.4, -0.2) is 42.6 Å². The lowest BCUT2D eigenvalue weighted by atomic mass is 9.92. The van der Waals surface area contributed by atoms with E-state index in [0.717, 1.165) is 10.7 Å². The number of hydrogen-bond acceptors (Lipinski definition) is 6. The second-order valence-electron chi connectivity index (χ2n) is 6.33. The molecule has 0 bridgehead atoms. The Morgan fingerprint density at radius 3 is 2.59 bits per heavy atom. The molecule has 0 saturated carbocycles. The molecule has 1 N–H and O–H groups in total. The summed E-state index contributed by atoms with van der Waals surface area (Å²) >= 11 is 0. The topological polar surface area (TPSA) is 111 Å². The van der Waals surface area contributed by atoms with Crippen LogP contribution in [0.15, 0.2) is 20.9 Å². The molecule has 1 aromatic carbocycles. The molecule has 2 heterocycles. The van der Waals surface area contributed by atoms with E-state index in [9.17, 15) is 22.4 Å². The van der Waals surface area contributed by atoms with Crippen molar-refractivity contribution in [2.45, 2.75) is 25.2 Å². The van der Waals surface area contributed by atoms with Gasteiger partial charge in [0.15, 0.2) is 9.84 Å². The van der Waals surface area contributed by atoms with Gasteiger partial charge in [0.2, 0.25) is 5.78 Å². The Morgan fingerprint density at radius 2 is 2.04 bits per heavy atom. The molecule has 0 aliphatic carbocycles. The van der Waals surface area contributed by atoms with Crippen molar-refractivity contribution in [1.82, 2.24) is 9.78 Å². The molecule has 0 fully saturated rings. The summed E-state index contributed by atoms with van der Waals surface area (Å²) in [5.41, 5.74) is 0.0781. The molecule has 0 spiro atoms. The molecule has 10 heteroatoms. The van der Waals surface area contributed by atoms with Crippen LogP contribution in [0.3, 0.4) is 0 Å². The summed E-state index contributed by atoms with van der Waals surface area (Å²) in [5, 5.41) is 6.52. The summed E-state index contributed by atoms with van der Waals surface area (Å²) in [6.07, 6.45) is 0.0338. The van der Waals surface area contributed by atoms with E-state index in [1.165, 1.54) is 21.1 Å². The van der Waals surface area contributed by atoms with Gasteiger partial charge in [0.1, 0.15) is 23.4 Å². The maximum atomic E-state index is 14.8. The number of hydrogen-bond donors (Lipinski definition) is 1. The van der Waals surface area contributed by atoms with Crippen LogP contribution in [-0.2, 0) is 21.7 Å². The molecule has 0 unspecified atom stereocenters. The number of sulfone groups is 1. The number of halogens is 1. The van der Waals surface area contributed by atoms with Crippen molar-refractivity contribution in [1.29, 1.82) is 0 Å². The van der Waals surface area contributed by atoms with Crippen molar-refractivity contribution in [3.05, 3.63) is 50.2 Å². The minimum atomic E-state index is -3.86. The third-order valence-electron chi connectivity index (χ3n) is 4.60. The highest BCUT2D eigenvalue weighted by molar-refractivity contribution is 7.91. The van der Waals surface area contributed by atoms with Gasteiger partial charge in [-0.05, 0) is 25.5 Å². The highest BCUT2D eigenvalue weighted by atomic mass is 32.2. The first-order valence-electron chi connectivity index (χ1n) is 8.06. The third-order valence-corrected chi connectivity index (χ3v) is 6.37. The largest absolute Gasteiger partial charge is 0.399 e. The Labute approximate surface area is 154 Å². The number of H-pyrrole nitrogens is 1. The van der Waals surface area contributed by atoms with Gasteiger partial charge < -0.3 is 4.84 Å². The number of aryl methyl sites for hydroxylation is 2. The third kappa shape index (κ3) is 2.89. The zero-order valence-electron chi connectivity index (χ0n) is 15.2. The molecule has 8 nitrogen and oxygen atoms in total. The van der Waals surface area contributed by atoms with E-state index in [-0.39, 0.29) is 40.1 Å². The number of oxime groups is 1. The van der Waals surface area contributed by atoms with Gasteiger partial charge in [0.05, 0.1) is 11.5 Å². The van der Waals surface area contributed by atoms with E-state index in [1.807, 2.05) is 0 Å². The molecule has 1 aromatic heterocycles. The summed E-state index contributed by atoms with van der Waals surface area (Å²) in [4.78, 5) is 29.5. The monoisotopic (exact) mass is 395 g/mol. The highest BCUT2D eigenvalue weighted by Gasteiger charge is 2.35. The van der Waals surface area contributed by atoms with Crippen molar-refractivity contribution in [3.8, 4) is 0 Å². The summed E-state index contributed by atoms with van der Waals surface area (Å²) in [6.45, 7) is 3.06. The van der Waals surface area contributed by atoms with Gasteiger partial charge in [-0.1, -0.05) is 5.16 Å². The zero-order valence-corrected chi connectivity index (χ0v) is 16.0. The van der Waals surface area contributed by atoms with Crippen molar-refractivity contribution in [2.75, 3.05) is 12.9 Å². The Morgan fingerprint density at radius 1 is 1.37 bits per heavy atom. The fraction of sp³-hybridized carbons (Fsp3) is 0.353. The molecule has 1 aliphatic heterocycles. The van der Waals surface area contributed by atoms with E-state index >= 15 is 0 Å². The molecule has 0 amide bonds. The van der Waals surface area contributed by atoms with Gasteiger partial charge in [-0.2, -0.15) is 0 Å². The lowest BCUT2D eigenvalue weighted by Gasteiger charge is -2.22. The number of aromatic amines is 1. The fourth-order valence-electron chi connectivity index (χ4n) is 3.36. The SMILES string of the molecule is CON=C1CCS(=O)(=O)c2c(F)cc(C(=O)c3c(C)[nH]n(C)c3=O)c(C)c21. The number of nitrogens with zero attached hydrogens (tertiary/aromatic N) is 2. The molecule has 0 atom stereocenters. The summed E-state index contributed by atoms with van der Waals surface area (Å²) < 4.78 is 40.7. The van der Waals surface area contributed by atoms with Crippen molar-refractivity contribution in [2.24, 2.45) is 12.2 Å². The average molecular weight is 395 g/mol. The summed E-state index contributed by atoms with van der Waals surface area (Å²) in [6, 6.07) is 0.871. The number of fused-ring (bicyclic) bond motifs is 1. The highest BCUT2D eigenvalue weighted by Crippen LogP contribution is 2.33. The van der Waals surface area contributed by atoms with Crippen LogP contribution in [0.5, 0.6) is 0 Å². The van der Waals surface area contributed by atoms with Crippen molar-refractivity contribution in [3.63, 3.8) is 0 Å². The second kappa shape index (κ2) is 6.45. The van der Waals surface area contributed by atoms with Crippen molar-refractivity contribution < 1.29 is 22.4 Å². The number of rotatable bonds is 3. The maximum Gasteiger partial charge on any atom is 0.277 e. The van der Waals surface area contributed by atoms with Crippen LogP contribution < -0.4 is 5.56 Å². The van der Waals surface area contributed by atoms with Crippen LogP contribution in [0.25, 0.3) is 0 Å². The first-order chi connectivity index (χ1) is 12.6.